The highest BCUT2D eigenvalue weighted by molar-refractivity contribution is 9.10. The number of carbonyl (C=O) groups excluding carboxylic acids is 1. The van der Waals surface area contributed by atoms with E-state index < -0.39 is 0 Å². The van der Waals surface area contributed by atoms with E-state index in [1.807, 2.05) is 53.1 Å². The Balaban J connectivity index is 1.59. The van der Waals surface area contributed by atoms with Gasteiger partial charge in [0.2, 0.25) is 5.91 Å². The molecule has 0 unspecified atom stereocenters. The molecule has 0 bridgehead atoms. The Morgan fingerprint density at radius 1 is 1.00 bits per heavy atom. The second kappa shape index (κ2) is 7.94. The van der Waals surface area contributed by atoms with Gasteiger partial charge < -0.3 is 9.88 Å². The zero-order valence-corrected chi connectivity index (χ0v) is 16.5. The molecule has 3 aromatic carbocycles. The average molecular weight is 438 g/mol. The van der Waals surface area contributed by atoms with Crippen molar-refractivity contribution in [1.82, 2.24) is 14.9 Å². The van der Waals surface area contributed by atoms with Gasteiger partial charge in [0.1, 0.15) is 18.2 Å². The van der Waals surface area contributed by atoms with Crippen molar-refractivity contribution in [3.63, 3.8) is 0 Å². The number of halogens is 2. The average Bonchev–Trinajstić information content (AvgIpc) is 3.07. The van der Waals surface area contributed by atoms with Gasteiger partial charge >= 0.3 is 0 Å². The monoisotopic (exact) mass is 437 g/mol. The Morgan fingerprint density at radius 3 is 2.46 bits per heavy atom. The molecule has 0 spiro atoms. The maximum atomic E-state index is 13.0. The molecule has 4 nitrogen and oxygen atoms in total. The van der Waals surface area contributed by atoms with Gasteiger partial charge in [0.05, 0.1) is 11.0 Å². The molecule has 140 valence electrons. The van der Waals surface area contributed by atoms with Crippen LogP contribution >= 0.6 is 15.9 Å². The molecule has 4 rings (SSSR count). The van der Waals surface area contributed by atoms with E-state index in [1.54, 1.807) is 12.1 Å². The van der Waals surface area contributed by atoms with Crippen LogP contribution in [0.15, 0.2) is 77.3 Å². The van der Waals surface area contributed by atoms with E-state index in [4.69, 9.17) is 4.98 Å². The fourth-order valence-corrected chi connectivity index (χ4v) is 3.32. The quantitative estimate of drug-likeness (QED) is 0.481. The van der Waals surface area contributed by atoms with Gasteiger partial charge in [0.25, 0.3) is 0 Å². The van der Waals surface area contributed by atoms with Crippen LogP contribution in [0, 0.1) is 5.82 Å². The van der Waals surface area contributed by atoms with Gasteiger partial charge in [-0.1, -0.05) is 52.3 Å². The number of para-hydroxylation sites is 2. The molecular weight excluding hydrogens is 421 g/mol. The first-order valence-electron chi connectivity index (χ1n) is 8.82. The highest BCUT2D eigenvalue weighted by Gasteiger charge is 2.15. The van der Waals surface area contributed by atoms with E-state index in [9.17, 15) is 9.18 Å². The minimum absolute atomic E-state index is 0.133. The zero-order valence-electron chi connectivity index (χ0n) is 14.9. The van der Waals surface area contributed by atoms with E-state index in [-0.39, 0.29) is 18.3 Å². The minimum Gasteiger partial charge on any atom is -0.350 e. The molecule has 4 aromatic rings. The third-order valence-electron chi connectivity index (χ3n) is 4.46. The fourth-order valence-electron chi connectivity index (χ4n) is 3.06. The van der Waals surface area contributed by atoms with Crippen molar-refractivity contribution in [2.75, 3.05) is 0 Å². The Labute approximate surface area is 170 Å². The number of fused-ring (bicyclic) bond motifs is 1. The van der Waals surface area contributed by atoms with Crippen LogP contribution in [0.5, 0.6) is 0 Å². The number of carbonyl (C=O) groups is 1. The Bertz CT molecular complexity index is 1120. The molecule has 0 fully saturated rings. The molecule has 0 aliphatic heterocycles. The highest BCUT2D eigenvalue weighted by Crippen LogP contribution is 2.26. The molecular formula is C22H17BrFN3O. The Morgan fingerprint density at radius 2 is 1.71 bits per heavy atom. The van der Waals surface area contributed by atoms with Crippen molar-refractivity contribution in [3.05, 3.63) is 88.6 Å². The van der Waals surface area contributed by atoms with Crippen LogP contribution in [0.3, 0.4) is 0 Å². The zero-order chi connectivity index (χ0) is 19.5. The third kappa shape index (κ3) is 3.97. The van der Waals surface area contributed by atoms with Crippen LogP contribution in [0.2, 0.25) is 0 Å². The second-order valence-electron chi connectivity index (χ2n) is 6.42. The lowest BCUT2D eigenvalue weighted by atomic mass is 10.2. The number of nitrogens with one attached hydrogen (secondary N) is 1. The molecule has 0 radical (unpaired) electrons. The van der Waals surface area contributed by atoms with Crippen molar-refractivity contribution >= 4 is 32.9 Å². The first-order chi connectivity index (χ1) is 13.6. The lowest BCUT2D eigenvalue weighted by Crippen LogP contribution is -2.27. The summed E-state index contributed by atoms with van der Waals surface area (Å²) in [6, 6.07) is 21.7. The van der Waals surface area contributed by atoms with Crippen LogP contribution in [-0.4, -0.2) is 15.5 Å². The molecule has 1 heterocycles. The van der Waals surface area contributed by atoms with Gasteiger partial charge in [0, 0.05) is 16.6 Å². The van der Waals surface area contributed by atoms with Crippen LogP contribution in [0.25, 0.3) is 22.4 Å². The van der Waals surface area contributed by atoms with Gasteiger partial charge in [-0.05, 0) is 42.0 Å². The van der Waals surface area contributed by atoms with Crippen LogP contribution in [-0.2, 0) is 17.9 Å². The molecule has 0 saturated heterocycles. The largest absolute Gasteiger partial charge is 0.350 e. The number of hydrogen-bond donors (Lipinski definition) is 1. The summed E-state index contributed by atoms with van der Waals surface area (Å²) in [6.07, 6.45) is 0. The highest BCUT2D eigenvalue weighted by atomic mass is 79.9. The standard InChI is InChI=1S/C22H17BrFN3O/c23-17-9-7-16(8-10-17)22-26-19-3-1-2-4-20(19)27(22)14-21(28)25-13-15-5-11-18(24)12-6-15/h1-12H,13-14H2,(H,25,28). The lowest BCUT2D eigenvalue weighted by Gasteiger charge is -2.10. The van der Waals surface area contributed by atoms with Gasteiger partial charge in [-0.25, -0.2) is 9.37 Å². The molecule has 1 aromatic heterocycles. The van der Waals surface area contributed by atoms with Crippen molar-refractivity contribution in [1.29, 1.82) is 0 Å². The fraction of sp³-hybridized carbons (Fsp3) is 0.0909. The topological polar surface area (TPSA) is 46.9 Å². The lowest BCUT2D eigenvalue weighted by molar-refractivity contribution is -0.121. The molecule has 28 heavy (non-hydrogen) atoms. The van der Waals surface area contributed by atoms with Crippen LogP contribution in [0.1, 0.15) is 5.56 Å². The van der Waals surface area contributed by atoms with Gasteiger partial charge in [0.15, 0.2) is 0 Å². The van der Waals surface area contributed by atoms with Crippen LogP contribution < -0.4 is 5.32 Å². The summed E-state index contributed by atoms with van der Waals surface area (Å²) >= 11 is 3.44. The number of benzene rings is 3. The summed E-state index contributed by atoms with van der Waals surface area (Å²) in [5, 5.41) is 2.89. The number of amides is 1. The number of rotatable bonds is 5. The van der Waals surface area contributed by atoms with Gasteiger partial charge in [-0.2, -0.15) is 0 Å². The summed E-state index contributed by atoms with van der Waals surface area (Å²) in [7, 11) is 0. The van der Waals surface area contributed by atoms with Crippen LogP contribution in [0.4, 0.5) is 4.39 Å². The Hall–Kier alpha value is -2.99. The van der Waals surface area contributed by atoms with Gasteiger partial charge in [-0.15, -0.1) is 0 Å². The minimum atomic E-state index is -0.292. The summed E-state index contributed by atoms with van der Waals surface area (Å²) in [4.78, 5) is 17.3. The summed E-state index contributed by atoms with van der Waals surface area (Å²) in [6.45, 7) is 0.493. The number of imidazole rings is 1. The predicted molar refractivity (Wildman–Crippen MR) is 111 cm³/mol. The molecule has 0 aliphatic rings. The van der Waals surface area contributed by atoms with E-state index in [0.717, 1.165) is 32.5 Å². The van der Waals surface area contributed by atoms with E-state index in [0.29, 0.717) is 6.54 Å². The first-order valence-corrected chi connectivity index (χ1v) is 9.62. The van der Waals surface area contributed by atoms with E-state index in [2.05, 4.69) is 21.2 Å². The third-order valence-corrected chi connectivity index (χ3v) is 4.99. The number of aromatic nitrogens is 2. The number of hydrogen-bond acceptors (Lipinski definition) is 2. The molecule has 0 aliphatic carbocycles. The Kier molecular flexibility index (Phi) is 5.21. The van der Waals surface area contributed by atoms with Crippen molar-refractivity contribution < 1.29 is 9.18 Å². The number of nitrogens with zero attached hydrogens (tertiary/aromatic N) is 2. The SMILES string of the molecule is O=C(Cn1c(-c2ccc(Br)cc2)nc2ccccc21)NCc1ccc(F)cc1. The van der Waals surface area contributed by atoms with Crippen molar-refractivity contribution in [3.8, 4) is 11.4 Å². The van der Waals surface area contributed by atoms with Crippen molar-refractivity contribution in [2.24, 2.45) is 0 Å². The van der Waals surface area contributed by atoms with E-state index in [1.165, 1.54) is 12.1 Å². The van der Waals surface area contributed by atoms with E-state index >= 15 is 0 Å². The molecule has 0 saturated carbocycles. The van der Waals surface area contributed by atoms with Gasteiger partial charge in [-0.3, -0.25) is 4.79 Å². The molecule has 0 atom stereocenters. The molecule has 6 heteroatoms. The summed E-state index contributed by atoms with van der Waals surface area (Å²) in [5.74, 6) is 0.315. The second-order valence-corrected chi connectivity index (χ2v) is 7.34. The molecule has 1 N–H and O–H groups in total. The summed E-state index contributed by atoms with van der Waals surface area (Å²) < 4.78 is 15.9. The summed E-state index contributed by atoms with van der Waals surface area (Å²) in [5.41, 5.74) is 3.52. The molecule has 1 amide bonds. The van der Waals surface area contributed by atoms with Crippen molar-refractivity contribution in [2.45, 2.75) is 13.1 Å². The normalized spacial score (nSPS) is 10.9. The smallest absolute Gasteiger partial charge is 0.240 e. The maximum Gasteiger partial charge on any atom is 0.240 e. The first kappa shape index (κ1) is 18.4. The maximum absolute atomic E-state index is 13.0. The predicted octanol–water partition coefficient (Wildman–Crippen LogP) is 4.92.